The van der Waals surface area contributed by atoms with E-state index < -0.39 is 0 Å². The van der Waals surface area contributed by atoms with Crippen LogP contribution in [0.1, 0.15) is 19.8 Å². The highest BCUT2D eigenvalue weighted by molar-refractivity contribution is 7.17. The van der Waals surface area contributed by atoms with Crippen LogP contribution in [0.15, 0.2) is 29.0 Å². The van der Waals surface area contributed by atoms with Crippen molar-refractivity contribution in [2.24, 2.45) is 0 Å². The molecule has 0 bridgehead atoms. The van der Waals surface area contributed by atoms with Crippen LogP contribution in [0.5, 0.6) is 5.06 Å². The van der Waals surface area contributed by atoms with E-state index in [0.717, 1.165) is 18.1 Å². The van der Waals surface area contributed by atoms with Gasteiger partial charge in [-0.05, 0) is 35.4 Å². The van der Waals surface area contributed by atoms with Crippen LogP contribution in [-0.4, -0.2) is 6.61 Å². The minimum atomic E-state index is 0.833. The molecule has 2 rings (SSSR count). The van der Waals surface area contributed by atoms with Gasteiger partial charge in [0.25, 0.3) is 0 Å². The van der Waals surface area contributed by atoms with Gasteiger partial charge >= 0.3 is 0 Å². The lowest BCUT2D eigenvalue weighted by Crippen LogP contribution is -1.93. The molecule has 0 aliphatic heterocycles. The molecular weight excluding hydrogens is 224 g/mol. The van der Waals surface area contributed by atoms with E-state index in [2.05, 4.69) is 35.9 Å². The molecule has 0 amide bonds. The van der Waals surface area contributed by atoms with E-state index in [1.54, 1.807) is 22.7 Å². The molecule has 0 aromatic carbocycles. The van der Waals surface area contributed by atoms with Crippen molar-refractivity contribution in [2.75, 3.05) is 6.61 Å². The summed E-state index contributed by atoms with van der Waals surface area (Å²) in [6.07, 6.45) is 2.31. The third kappa shape index (κ3) is 2.83. The highest BCUT2D eigenvalue weighted by Crippen LogP contribution is 2.33. The maximum atomic E-state index is 5.65. The number of ether oxygens (including phenoxy) is 1. The van der Waals surface area contributed by atoms with Crippen molar-refractivity contribution in [3.05, 3.63) is 29.0 Å². The topological polar surface area (TPSA) is 9.23 Å². The molecule has 3 heteroatoms. The summed E-state index contributed by atoms with van der Waals surface area (Å²) in [5.74, 6) is 0. The lowest BCUT2D eigenvalue weighted by Gasteiger charge is -2.00. The highest BCUT2D eigenvalue weighted by Gasteiger charge is 2.03. The van der Waals surface area contributed by atoms with Crippen LogP contribution < -0.4 is 4.74 Å². The fourth-order valence-electron chi connectivity index (χ4n) is 1.27. The van der Waals surface area contributed by atoms with Gasteiger partial charge in [0, 0.05) is 10.4 Å². The van der Waals surface area contributed by atoms with Gasteiger partial charge in [-0.15, -0.1) is 0 Å². The van der Waals surface area contributed by atoms with Crippen molar-refractivity contribution in [2.45, 2.75) is 19.8 Å². The molecule has 0 aliphatic rings. The molecule has 15 heavy (non-hydrogen) atoms. The summed E-state index contributed by atoms with van der Waals surface area (Å²) >= 11 is 3.46. The molecular formula is C12H14OS2. The van der Waals surface area contributed by atoms with E-state index in [1.807, 2.05) is 0 Å². The Kier molecular flexibility index (Phi) is 3.80. The monoisotopic (exact) mass is 238 g/mol. The predicted octanol–water partition coefficient (Wildman–Crippen LogP) is 4.66. The minimum absolute atomic E-state index is 0.833. The molecule has 0 saturated heterocycles. The Morgan fingerprint density at radius 1 is 1.27 bits per heavy atom. The van der Waals surface area contributed by atoms with Crippen molar-refractivity contribution < 1.29 is 4.74 Å². The van der Waals surface area contributed by atoms with Crippen molar-refractivity contribution in [3.8, 4) is 15.5 Å². The molecule has 0 fully saturated rings. The molecule has 2 heterocycles. The first-order valence-electron chi connectivity index (χ1n) is 5.15. The molecule has 0 N–H and O–H groups in total. The van der Waals surface area contributed by atoms with E-state index in [1.165, 1.54) is 16.9 Å². The zero-order valence-corrected chi connectivity index (χ0v) is 10.4. The highest BCUT2D eigenvalue weighted by atomic mass is 32.1. The second kappa shape index (κ2) is 5.33. The molecule has 80 valence electrons. The van der Waals surface area contributed by atoms with Crippen LogP contribution in [-0.2, 0) is 0 Å². The summed E-state index contributed by atoms with van der Waals surface area (Å²) in [6.45, 7) is 3.01. The van der Waals surface area contributed by atoms with E-state index in [0.29, 0.717) is 0 Å². The molecule has 2 aromatic rings. The average Bonchev–Trinajstić information content (AvgIpc) is 2.87. The maximum absolute atomic E-state index is 5.65. The van der Waals surface area contributed by atoms with Crippen molar-refractivity contribution in [1.29, 1.82) is 0 Å². The van der Waals surface area contributed by atoms with Gasteiger partial charge in [0.1, 0.15) is 0 Å². The fraction of sp³-hybridized carbons (Fsp3) is 0.333. The molecule has 1 nitrogen and oxygen atoms in total. The Bertz CT molecular complexity index is 389. The normalized spacial score (nSPS) is 10.5. The van der Waals surface area contributed by atoms with Gasteiger partial charge in [-0.1, -0.05) is 24.7 Å². The van der Waals surface area contributed by atoms with Gasteiger partial charge < -0.3 is 4.74 Å². The van der Waals surface area contributed by atoms with Gasteiger partial charge in [-0.3, -0.25) is 0 Å². The predicted molar refractivity (Wildman–Crippen MR) is 68.0 cm³/mol. The summed E-state index contributed by atoms with van der Waals surface area (Å²) in [7, 11) is 0. The van der Waals surface area contributed by atoms with Gasteiger partial charge in [-0.25, -0.2) is 0 Å². The second-order valence-corrected chi connectivity index (χ2v) is 5.16. The van der Waals surface area contributed by atoms with Crippen LogP contribution in [0.3, 0.4) is 0 Å². The summed E-state index contributed by atoms with van der Waals surface area (Å²) in [4.78, 5) is 1.29. The maximum Gasteiger partial charge on any atom is 0.174 e. The van der Waals surface area contributed by atoms with Crippen molar-refractivity contribution in [3.63, 3.8) is 0 Å². The fourth-order valence-corrected chi connectivity index (χ4v) is 2.88. The van der Waals surface area contributed by atoms with E-state index in [4.69, 9.17) is 4.74 Å². The van der Waals surface area contributed by atoms with Crippen LogP contribution in [0.4, 0.5) is 0 Å². The largest absolute Gasteiger partial charge is 0.484 e. The van der Waals surface area contributed by atoms with Gasteiger partial charge in [0.05, 0.1) is 6.61 Å². The Morgan fingerprint density at radius 3 is 2.93 bits per heavy atom. The smallest absolute Gasteiger partial charge is 0.174 e. The van der Waals surface area contributed by atoms with Crippen molar-refractivity contribution >= 4 is 22.7 Å². The zero-order chi connectivity index (χ0) is 10.5. The van der Waals surface area contributed by atoms with Gasteiger partial charge in [0.15, 0.2) is 5.06 Å². The Hall–Kier alpha value is -0.800. The molecule has 2 aromatic heterocycles. The average molecular weight is 238 g/mol. The first-order chi connectivity index (χ1) is 7.40. The quantitative estimate of drug-likeness (QED) is 0.689. The Labute approximate surface area is 98.3 Å². The molecule has 0 unspecified atom stereocenters. The van der Waals surface area contributed by atoms with Crippen molar-refractivity contribution in [1.82, 2.24) is 0 Å². The molecule has 0 saturated carbocycles. The Balaban J connectivity index is 1.98. The summed E-state index contributed by atoms with van der Waals surface area (Å²) in [5.41, 5.74) is 1.30. The minimum Gasteiger partial charge on any atom is -0.484 e. The zero-order valence-electron chi connectivity index (χ0n) is 8.73. The number of unbranched alkanes of at least 4 members (excludes halogenated alkanes) is 1. The lowest BCUT2D eigenvalue weighted by molar-refractivity contribution is 0.318. The Morgan fingerprint density at radius 2 is 2.20 bits per heavy atom. The van der Waals surface area contributed by atoms with Crippen LogP contribution in [0.25, 0.3) is 10.4 Å². The molecule has 0 radical (unpaired) electrons. The van der Waals surface area contributed by atoms with Crippen LogP contribution in [0.2, 0.25) is 0 Å². The third-order valence-electron chi connectivity index (χ3n) is 2.13. The van der Waals surface area contributed by atoms with E-state index in [-0.39, 0.29) is 0 Å². The first kappa shape index (κ1) is 10.7. The van der Waals surface area contributed by atoms with Gasteiger partial charge in [-0.2, -0.15) is 11.3 Å². The number of rotatable bonds is 5. The standard InChI is InChI=1S/C12H14OS2/c1-2-3-7-13-12-5-4-11(15-12)10-6-8-14-9-10/h4-6,8-9H,2-3,7H2,1H3. The van der Waals surface area contributed by atoms with E-state index in [9.17, 15) is 0 Å². The summed E-state index contributed by atoms with van der Waals surface area (Å²) < 4.78 is 5.65. The van der Waals surface area contributed by atoms with E-state index >= 15 is 0 Å². The van der Waals surface area contributed by atoms with Crippen LogP contribution in [0, 0.1) is 0 Å². The molecule has 0 spiro atoms. The summed E-state index contributed by atoms with van der Waals surface area (Å²) in [6, 6.07) is 6.34. The second-order valence-electron chi connectivity index (χ2n) is 3.33. The number of hydrogen-bond acceptors (Lipinski definition) is 3. The van der Waals surface area contributed by atoms with Crippen LogP contribution >= 0.6 is 22.7 Å². The third-order valence-corrected chi connectivity index (χ3v) is 3.86. The molecule has 0 atom stereocenters. The SMILES string of the molecule is CCCCOc1ccc(-c2ccsc2)s1. The number of hydrogen-bond donors (Lipinski definition) is 0. The first-order valence-corrected chi connectivity index (χ1v) is 6.91. The summed E-state index contributed by atoms with van der Waals surface area (Å²) in [5, 5.41) is 5.30. The molecule has 0 aliphatic carbocycles. The number of thiophene rings is 2. The lowest BCUT2D eigenvalue weighted by atomic mass is 10.3. The van der Waals surface area contributed by atoms with Gasteiger partial charge in [0.2, 0.25) is 0 Å².